The van der Waals surface area contributed by atoms with Crippen LogP contribution in [0.4, 0.5) is 0 Å². The van der Waals surface area contributed by atoms with Crippen LogP contribution < -0.4 is 0 Å². The molecule has 0 saturated heterocycles. The number of ether oxygens (including phenoxy) is 1. The monoisotopic (exact) mass is 221 g/mol. The first-order valence-electron chi connectivity index (χ1n) is 6.20. The molecule has 88 valence electrons. The fraction of sp³-hybridized carbons (Fsp3) is 0.692. The normalized spacial score (nSPS) is 33.2. The van der Waals surface area contributed by atoms with E-state index >= 15 is 0 Å². The Morgan fingerprint density at radius 3 is 3.00 bits per heavy atom. The van der Waals surface area contributed by atoms with Crippen LogP contribution in [0, 0.1) is 0 Å². The van der Waals surface area contributed by atoms with Gasteiger partial charge in [0.25, 0.3) is 0 Å². The van der Waals surface area contributed by atoms with Crippen LogP contribution >= 0.6 is 0 Å². The topological polar surface area (TPSA) is 34.4 Å². The smallest absolute Gasteiger partial charge is 0.0807 e. The Bertz CT molecular complexity index is 379. The van der Waals surface area contributed by atoms with Crippen LogP contribution in [-0.2, 0) is 11.2 Å². The summed E-state index contributed by atoms with van der Waals surface area (Å²) in [7, 11) is 1.79. The molecule has 1 heterocycles. The lowest BCUT2D eigenvalue weighted by molar-refractivity contribution is 0.00519. The molecule has 0 bridgehead atoms. The molecule has 3 nitrogen and oxygen atoms in total. The minimum atomic E-state index is -0.233. The van der Waals surface area contributed by atoms with Gasteiger partial charge in [-0.3, -0.25) is 0 Å². The minimum absolute atomic E-state index is 0.233. The highest BCUT2D eigenvalue weighted by Crippen LogP contribution is 2.39. The fourth-order valence-electron chi connectivity index (χ4n) is 2.99. The highest BCUT2D eigenvalue weighted by molar-refractivity contribution is 5.28. The van der Waals surface area contributed by atoms with Crippen molar-refractivity contribution in [2.24, 2.45) is 0 Å². The molecule has 0 amide bonds. The van der Waals surface area contributed by atoms with Crippen LogP contribution in [0.25, 0.3) is 0 Å². The summed E-state index contributed by atoms with van der Waals surface area (Å²) < 4.78 is 7.69. The largest absolute Gasteiger partial charge is 0.388 e. The van der Waals surface area contributed by atoms with E-state index in [2.05, 4.69) is 16.8 Å². The zero-order valence-corrected chi connectivity index (χ0v) is 9.72. The summed E-state index contributed by atoms with van der Waals surface area (Å²) in [5.41, 5.74) is 2.52. The molecule has 3 heteroatoms. The molecule has 1 atom stereocenters. The number of aromatic nitrogens is 1. The summed E-state index contributed by atoms with van der Waals surface area (Å²) in [5.74, 6) is 0. The summed E-state index contributed by atoms with van der Waals surface area (Å²) in [6, 6.07) is 2.69. The molecule has 1 aromatic heterocycles. The van der Waals surface area contributed by atoms with E-state index in [4.69, 9.17) is 4.74 Å². The van der Waals surface area contributed by atoms with Crippen LogP contribution in [0.15, 0.2) is 12.3 Å². The molecule has 1 fully saturated rings. The molecule has 0 aliphatic heterocycles. The van der Waals surface area contributed by atoms with Gasteiger partial charge in [0.2, 0.25) is 0 Å². The lowest BCUT2D eigenvalue weighted by Gasteiger charge is -2.37. The Labute approximate surface area is 96.0 Å². The van der Waals surface area contributed by atoms with Gasteiger partial charge in [-0.1, -0.05) is 0 Å². The number of hydrogen-bond acceptors (Lipinski definition) is 2. The van der Waals surface area contributed by atoms with Gasteiger partial charge < -0.3 is 14.4 Å². The third-order valence-corrected chi connectivity index (χ3v) is 4.11. The van der Waals surface area contributed by atoms with Crippen molar-refractivity contribution in [2.45, 2.75) is 50.4 Å². The van der Waals surface area contributed by atoms with Crippen molar-refractivity contribution in [3.8, 4) is 0 Å². The lowest BCUT2D eigenvalue weighted by atomic mass is 9.88. The number of methoxy groups -OCH3 is 1. The summed E-state index contributed by atoms with van der Waals surface area (Å²) in [6.07, 6.45) is 7.74. The second-order valence-electron chi connectivity index (χ2n) is 5.02. The maximum Gasteiger partial charge on any atom is 0.0807 e. The average Bonchev–Trinajstić information content (AvgIpc) is 2.62. The van der Waals surface area contributed by atoms with Gasteiger partial charge in [0.1, 0.15) is 0 Å². The number of nitrogens with zero attached hydrogens (tertiary/aromatic N) is 1. The zero-order valence-electron chi connectivity index (χ0n) is 9.72. The van der Waals surface area contributed by atoms with Gasteiger partial charge in [-0.15, -0.1) is 0 Å². The maximum atomic E-state index is 9.91. The van der Waals surface area contributed by atoms with Crippen LogP contribution in [0.5, 0.6) is 0 Å². The average molecular weight is 221 g/mol. The van der Waals surface area contributed by atoms with Crippen molar-refractivity contribution in [1.29, 1.82) is 0 Å². The van der Waals surface area contributed by atoms with Crippen molar-refractivity contribution in [3.63, 3.8) is 0 Å². The summed E-state index contributed by atoms with van der Waals surface area (Å²) in [6.45, 7) is 0. The quantitative estimate of drug-likeness (QED) is 0.830. The van der Waals surface area contributed by atoms with E-state index < -0.39 is 0 Å². The highest BCUT2D eigenvalue weighted by atomic mass is 16.5. The molecule has 1 saturated carbocycles. The predicted octanol–water partition coefficient (Wildman–Crippen LogP) is 2.21. The van der Waals surface area contributed by atoms with Crippen molar-refractivity contribution in [3.05, 3.63) is 23.5 Å². The van der Waals surface area contributed by atoms with E-state index in [1.807, 2.05) is 0 Å². The van der Waals surface area contributed by atoms with Crippen molar-refractivity contribution in [1.82, 2.24) is 4.57 Å². The van der Waals surface area contributed by atoms with Gasteiger partial charge >= 0.3 is 0 Å². The maximum absolute atomic E-state index is 9.91. The first-order valence-corrected chi connectivity index (χ1v) is 6.20. The zero-order chi connectivity index (χ0) is 11.1. The van der Waals surface area contributed by atoms with Crippen molar-refractivity contribution >= 4 is 0 Å². The summed E-state index contributed by atoms with van der Waals surface area (Å²) >= 11 is 0. The van der Waals surface area contributed by atoms with E-state index in [0.717, 1.165) is 37.7 Å². The second-order valence-corrected chi connectivity index (χ2v) is 5.02. The van der Waals surface area contributed by atoms with Gasteiger partial charge in [-0.2, -0.15) is 0 Å². The number of aliphatic hydroxyl groups excluding tert-OH is 1. The predicted molar refractivity (Wildman–Crippen MR) is 61.4 cm³/mol. The fourth-order valence-corrected chi connectivity index (χ4v) is 2.99. The Morgan fingerprint density at radius 2 is 2.25 bits per heavy atom. The van der Waals surface area contributed by atoms with Crippen LogP contribution in [0.1, 0.15) is 49.1 Å². The Hall–Kier alpha value is -0.800. The van der Waals surface area contributed by atoms with E-state index in [9.17, 15) is 5.11 Å². The van der Waals surface area contributed by atoms with Gasteiger partial charge in [-0.05, 0) is 38.2 Å². The molecule has 3 rings (SSSR count). The summed E-state index contributed by atoms with van der Waals surface area (Å²) in [4.78, 5) is 0. The second kappa shape index (κ2) is 3.90. The van der Waals surface area contributed by atoms with Crippen molar-refractivity contribution in [2.75, 3.05) is 7.11 Å². The standard InChI is InChI=1S/C13H19NO2/c1-16-10-7-9(8-10)14-6-5-11-12(14)3-2-4-13(11)15/h5-6,9-10,13,15H,2-4,7-8H2,1H3. The number of aliphatic hydroxyl groups is 1. The Kier molecular flexibility index (Phi) is 2.52. The van der Waals surface area contributed by atoms with E-state index in [-0.39, 0.29) is 6.10 Å². The van der Waals surface area contributed by atoms with Crippen LogP contribution in [0.2, 0.25) is 0 Å². The molecular formula is C13H19NO2. The molecule has 2 aliphatic carbocycles. The molecule has 1 aromatic rings. The van der Waals surface area contributed by atoms with Crippen LogP contribution in [0.3, 0.4) is 0 Å². The van der Waals surface area contributed by atoms with E-state index in [0.29, 0.717) is 12.1 Å². The van der Waals surface area contributed by atoms with Crippen LogP contribution in [-0.4, -0.2) is 22.9 Å². The SMILES string of the molecule is COC1CC(n2ccc3c2CCCC3O)C1. The molecule has 1 unspecified atom stereocenters. The molecule has 0 radical (unpaired) electrons. The number of rotatable bonds is 2. The van der Waals surface area contributed by atoms with Gasteiger partial charge in [-0.25, -0.2) is 0 Å². The van der Waals surface area contributed by atoms with E-state index in [1.165, 1.54) is 5.69 Å². The Balaban J connectivity index is 1.81. The molecule has 0 aromatic carbocycles. The third-order valence-electron chi connectivity index (χ3n) is 4.11. The number of fused-ring (bicyclic) bond motifs is 1. The Morgan fingerprint density at radius 1 is 1.44 bits per heavy atom. The number of hydrogen-bond donors (Lipinski definition) is 1. The molecule has 2 aliphatic rings. The molecule has 0 spiro atoms. The minimum Gasteiger partial charge on any atom is -0.388 e. The third kappa shape index (κ3) is 1.50. The molecule has 16 heavy (non-hydrogen) atoms. The van der Waals surface area contributed by atoms with Gasteiger partial charge in [0.05, 0.1) is 12.2 Å². The lowest BCUT2D eigenvalue weighted by Crippen LogP contribution is -2.33. The van der Waals surface area contributed by atoms with Gasteiger partial charge in [0, 0.05) is 30.6 Å². The first kappa shape index (κ1) is 10.4. The first-order chi connectivity index (χ1) is 7.79. The van der Waals surface area contributed by atoms with E-state index in [1.54, 1.807) is 7.11 Å². The van der Waals surface area contributed by atoms with Gasteiger partial charge in [0.15, 0.2) is 0 Å². The molecule has 1 N–H and O–H groups in total. The summed E-state index contributed by atoms with van der Waals surface area (Å²) in [5, 5.41) is 9.91. The van der Waals surface area contributed by atoms with Crippen molar-refractivity contribution < 1.29 is 9.84 Å². The highest BCUT2D eigenvalue weighted by Gasteiger charge is 2.33. The molecular weight excluding hydrogens is 202 g/mol.